The highest BCUT2D eigenvalue weighted by atomic mass is 35.5. The van der Waals surface area contributed by atoms with E-state index in [2.05, 4.69) is 15.4 Å². The fourth-order valence-electron chi connectivity index (χ4n) is 1.43. The zero-order valence-corrected chi connectivity index (χ0v) is 9.92. The summed E-state index contributed by atoms with van der Waals surface area (Å²) in [6.45, 7) is 0.947. The number of hydrogen-bond acceptors (Lipinski definition) is 5. The first-order chi connectivity index (χ1) is 8.13. The molecule has 2 heterocycles. The lowest BCUT2D eigenvalue weighted by molar-refractivity contribution is 0.102. The van der Waals surface area contributed by atoms with Crippen molar-refractivity contribution in [2.45, 2.75) is 6.54 Å². The molecule has 2 N–H and O–H groups in total. The van der Waals surface area contributed by atoms with E-state index in [0.29, 0.717) is 23.8 Å². The van der Waals surface area contributed by atoms with Crippen LogP contribution in [0.15, 0.2) is 12.4 Å². The SMILES string of the molecule is Cn1ncc(Cl)c1C(=O)c1cn(CCN)nn1. The molecule has 0 unspecified atom stereocenters. The van der Waals surface area contributed by atoms with Crippen molar-refractivity contribution >= 4 is 17.4 Å². The van der Waals surface area contributed by atoms with Crippen molar-refractivity contribution in [2.75, 3.05) is 6.54 Å². The third-order valence-corrected chi connectivity index (χ3v) is 2.52. The van der Waals surface area contributed by atoms with E-state index in [4.69, 9.17) is 17.3 Å². The maximum atomic E-state index is 12.1. The summed E-state index contributed by atoms with van der Waals surface area (Å²) in [6, 6.07) is 0. The fraction of sp³-hybridized carbons (Fsp3) is 0.333. The molecule has 2 rings (SSSR count). The van der Waals surface area contributed by atoms with E-state index < -0.39 is 0 Å². The number of carbonyl (C=O) groups is 1. The Morgan fingerprint density at radius 2 is 2.35 bits per heavy atom. The molecule has 0 amide bonds. The van der Waals surface area contributed by atoms with Crippen molar-refractivity contribution in [3.05, 3.63) is 28.8 Å². The van der Waals surface area contributed by atoms with Gasteiger partial charge in [0.05, 0.1) is 24.0 Å². The second-order valence-corrected chi connectivity index (χ2v) is 3.86. The average molecular weight is 255 g/mol. The first kappa shape index (κ1) is 11.7. The highest BCUT2D eigenvalue weighted by molar-refractivity contribution is 6.34. The third-order valence-electron chi connectivity index (χ3n) is 2.24. The highest BCUT2D eigenvalue weighted by Gasteiger charge is 2.20. The van der Waals surface area contributed by atoms with Gasteiger partial charge in [-0.3, -0.25) is 14.2 Å². The minimum atomic E-state index is -0.307. The minimum absolute atomic E-state index is 0.226. The molecule has 0 bridgehead atoms. The molecule has 2 aromatic heterocycles. The molecular formula is C9H11ClN6O. The van der Waals surface area contributed by atoms with Gasteiger partial charge in [0, 0.05) is 13.6 Å². The molecular weight excluding hydrogens is 244 g/mol. The van der Waals surface area contributed by atoms with E-state index in [-0.39, 0.29) is 11.5 Å². The van der Waals surface area contributed by atoms with Gasteiger partial charge < -0.3 is 5.73 Å². The zero-order chi connectivity index (χ0) is 12.4. The van der Waals surface area contributed by atoms with Crippen LogP contribution in [-0.2, 0) is 13.6 Å². The van der Waals surface area contributed by atoms with Crippen molar-refractivity contribution in [1.29, 1.82) is 0 Å². The Morgan fingerprint density at radius 3 is 2.94 bits per heavy atom. The lowest BCUT2D eigenvalue weighted by atomic mass is 10.2. The van der Waals surface area contributed by atoms with Gasteiger partial charge >= 0.3 is 0 Å². The molecule has 17 heavy (non-hydrogen) atoms. The second kappa shape index (κ2) is 4.64. The molecule has 0 aliphatic heterocycles. The predicted molar refractivity (Wildman–Crippen MR) is 60.7 cm³/mol. The van der Waals surface area contributed by atoms with Crippen LogP contribution in [0.3, 0.4) is 0 Å². The van der Waals surface area contributed by atoms with Gasteiger partial charge in [-0.2, -0.15) is 5.10 Å². The van der Waals surface area contributed by atoms with Crippen LogP contribution in [0.2, 0.25) is 5.02 Å². The topological polar surface area (TPSA) is 91.6 Å². The highest BCUT2D eigenvalue weighted by Crippen LogP contribution is 2.17. The van der Waals surface area contributed by atoms with Crippen molar-refractivity contribution in [2.24, 2.45) is 12.8 Å². The van der Waals surface area contributed by atoms with Crippen molar-refractivity contribution in [3.8, 4) is 0 Å². The van der Waals surface area contributed by atoms with Gasteiger partial charge in [0.15, 0.2) is 5.69 Å². The summed E-state index contributed by atoms with van der Waals surface area (Å²) in [5.74, 6) is -0.307. The summed E-state index contributed by atoms with van der Waals surface area (Å²) in [5.41, 5.74) is 5.90. The van der Waals surface area contributed by atoms with E-state index in [1.807, 2.05) is 0 Å². The number of ketones is 1. The lowest BCUT2D eigenvalue weighted by Gasteiger charge is -1.98. The summed E-state index contributed by atoms with van der Waals surface area (Å²) in [5, 5.41) is 11.8. The average Bonchev–Trinajstić information content (AvgIpc) is 2.87. The molecule has 0 aliphatic carbocycles. The predicted octanol–water partition coefficient (Wildman–Crippen LogP) is -0.145. The van der Waals surface area contributed by atoms with Gasteiger partial charge in [0.25, 0.3) is 0 Å². The molecule has 0 atom stereocenters. The van der Waals surface area contributed by atoms with E-state index >= 15 is 0 Å². The number of nitrogens with zero attached hydrogens (tertiary/aromatic N) is 5. The summed E-state index contributed by atoms with van der Waals surface area (Å²) >= 11 is 5.88. The van der Waals surface area contributed by atoms with Gasteiger partial charge in [-0.15, -0.1) is 5.10 Å². The van der Waals surface area contributed by atoms with Gasteiger partial charge in [-0.1, -0.05) is 16.8 Å². The molecule has 7 nitrogen and oxygen atoms in total. The van der Waals surface area contributed by atoms with Gasteiger partial charge in [-0.05, 0) is 0 Å². The number of hydrogen-bond donors (Lipinski definition) is 1. The van der Waals surface area contributed by atoms with E-state index in [1.54, 1.807) is 13.2 Å². The van der Waals surface area contributed by atoms with Crippen molar-refractivity contribution in [3.63, 3.8) is 0 Å². The van der Waals surface area contributed by atoms with Crippen LogP contribution in [-0.4, -0.2) is 37.1 Å². The quantitative estimate of drug-likeness (QED) is 0.767. The van der Waals surface area contributed by atoms with Crippen LogP contribution in [0.1, 0.15) is 16.2 Å². The van der Waals surface area contributed by atoms with Crippen LogP contribution in [0, 0.1) is 0 Å². The first-order valence-electron chi connectivity index (χ1n) is 4.96. The van der Waals surface area contributed by atoms with E-state index in [9.17, 15) is 4.79 Å². The van der Waals surface area contributed by atoms with Crippen LogP contribution in [0.25, 0.3) is 0 Å². The normalized spacial score (nSPS) is 10.8. The Labute approximate surface area is 102 Å². The van der Waals surface area contributed by atoms with Crippen LogP contribution in [0.4, 0.5) is 0 Å². The van der Waals surface area contributed by atoms with Crippen LogP contribution >= 0.6 is 11.6 Å². The Hall–Kier alpha value is -1.73. The Morgan fingerprint density at radius 1 is 1.59 bits per heavy atom. The maximum Gasteiger partial charge on any atom is 0.234 e. The molecule has 2 aromatic rings. The standard InChI is InChI=1S/C9H11ClN6O/c1-15-8(6(10)4-12-15)9(17)7-5-16(3-2-11)14-13-7/h4-5H,2-3,11H2,1H3. The fourth-order valence-corrected chi connectivity index (χ4v) is 1.68. The lowest BCUT2D eigenvalue weighted by Crippen LogP contribution is -2.10. The molecule has 8 heteroatoms. The molecule has 0 saturated carbocycles. The summed E-state index contributed by atoms with van der Waals surface area (Å²) < 4.78 is 2.92. The number of rotatable bonds is 4. The van der Waals surface area contributed by atoms with E-state index in [1.165, 1.54) is 15.6 Å². The summed E-state index contributed by atoms with van der Waals surface area (Å²) in [7, 11) is 1.64. The molecule has 0 saturated heterocycles. The zero-order valence-electron chi connectivity index (χ0n) is 9.17. The van der Waals surface area contributed by atoms with Gasteiger partial charge in [0.2, 0.25) is 5.78 Å². The molecule has 0 aliphatic rings. The Kier molecular flexibility index (Phi) is 3.21. The smallest absolute Gasteiger partial charge is 0.234 e. The van der Waals surface area contributed by atoms with Crippen molar-refractivity contribution in [1.82, 2.24) is 24.8 Å². The number of aromatic nitrogens is 5. The number of carbonyl (C=O) groups excluding carboxylic acids is 1. The van der Waals surface area contributed by atoms with Crippen LogP contribution in [0.5, 0.6) is 0 Å². The van der Waals surface area contributed by atoms with E-state index in [0.717, 1.165) is 0 Å². The number of nitrogens with two attached hydrogens (primary N) is 1. The van der Waals surface area contributed by atoms with Gasteiger partial charge in [-0.25, -0.2) is 0 Å². The summed E-state index contributed by atoms with van der Waals surface area (Å²) in [4.78, 5) is 12.1. The second-order valence-electron chi connectivity index (χ2n) is 3.45. The van der Waals surface area contributed by atoms with Gasteiger partial charge in [0.1, 0.15) is 5.69 Å². The Balaban J connectivity index is 2.31. The third kappa shape index (κ3) is 2.20. The number of aryl methyl sites for hydroxylation is 1. The maximum absolute atomic E-state index is 12.1. The largest absolute Gasteiger partial charge is 0.329 e. The minimum Gasteiger partial charge on any atom is -0.329 e. The Bertz CT molecular complexity index is 526. The van der Waals surface area contributed by atoms with Crippen LogP contribution < -0.4 is 5.73 Å². The molecule has 90 valence electrons. The molecule has 0 aromatic carbocycles. The molecule has 0 spiro atoms. The number of halogens is 1. The summed E-state index contributed by atoms with van der Waals surface area (Å²) in [6.07, 6.45) is 2.96. The monoisotopic (exact) mass is 254 g/mol. The molecule has 0 fully saturated rings. The van der Waals surface area contributed by atoms with Crippen molar-refractivity contribution < 1.29 is 4.79 Å². The first-order valence-corrected chi connectivity index (χ1v) is 5.33. The molecule has 0 radical (unpaired) electrons.